The Labute approximate surface area is 116 Å². The van der Waals surface area contributed by atoms with E-state index >= 15 is 0 Å². The number of aliphatic imine (C=N–C) groups is 1. The first-order valence-corrected chi connectivity index (χ1v) is 6.03. The summed E-state index contributed by atoms with van der Waals surface area (Å²) in [6.07, 6.45) is 1.90. The van der Waals surface area contributed by atoms with Gasteiger partial charge in [0.25, 0.3) is 0 Å². The molecule has 2 rings (SSSR count). The summed E-state index contributed by atoms with van der Waals surface area (Å²) in [6.45, 7) is 0. The average molecular weight is 264 g/mol. The van der Waals surface area contributed by atoms with Crippen LogP contribution in [0.4, 0.5) is 5.69 Å². The van der Waals surface area contributed by atoms with Crippen molar-refractivity contribution in [3.63, 3.8) is 0 Å². The highest BCUT2D eigenvalue weighted by Gasteiger charge is 2.06. The van der Waals surface area contributed by atoms with E-state index in [4.69, 9.17) is 10.4 Å². The predicted molar refractivity (Wildman–Crippen MR) is 76.4 cm³/mol. The molecule has 0 saturated carbocycles. The SMILES string of the molecule is N#CCc1ccc(N=Cc2ccccc2C(=O)O)cc1. The maximum Gasteiger partial charge on any atom is 0.336 e. The molecule has 0 heterocycles. The lowest BCUT2D eigenvalue weighted by atomic mass is 10.1. The molecule has 0 atom stereocenters. The summed E-state index contributed by atoms with van der Waals surface area (Å²) in [5.74, 6) is -0.976. The minimum atomic E-state index is -0.976. The molecule has 0 radical (unpaired) electrons. The van der Waals surface area contributed by atoms with Crippen LogP contribution in [0, 0.1) is 11.3 Å². The second-order valence-electron chi connectivity index (χ2n) is 4.15. The molecule has 4 nitrogen and oxygen atoms in total. The molecule has 0 unspecified atom stereocenters. The van der Waals surface area contributed by atoms with Gasteiger partial charge in [0.05, 0.1) is 23.7 Å². The first-order valence-electron chi connectivity index (χ1n) is 6.03. The molecule has 0 saturated heterocycles. The van der Waals surface area contributed by atoms with E-state index in [9.17, 15) is 4.79 Å². The van der Waals surface area contributed by atoms with Crippen molar-refractivity contribution in [1.29, 1.82) is 5.26 Å². The van der Waals surface area contributed by atoms with Crippen LogP contribution in [0.1, 0.15) is 21.5 Å². The van der Waals surface area contributed by atoms with Gasteiger partial charge < -0.3 is 5.11 Å². The smallest absolute Gasteiger partial charge is 0.336 e. The van der Waals surface area contributed by atoms with Crippen LogP contribution in [0.25, 0.3) is 0 Å². The number of hydrogen-bond acceptors (Lipinski definition) is 3. The van der Waals surface area contributed by atoms with Gasteiger partial charge in [-0.3, -0.25) is 4.99 Å². The van der Waals surface area contributed by atoms with Gasteiger partial charge >= 0.3 is 5.97 Å². The summed E-state index contributed by atoms with van der Waals surface area (Å²) in [7, 11) is 0. The molecule has 20 heavy (non-hydrogen) atoms. The number of carboxylic acid groups (broad SMARTS) is 1. The number of benzene rings is 2. The minimum absolute atomic E-state index is 0.220. The Morgan fingerprint density at radius 2 is 1.90 bits per heavy atom. The van der Waals surface area contributed by atoms with Crippen LogP contribution in [0.5, 0.6) is 0 Å². The molecule has 0 amide bonds. The quantitative estimate of drug-likeness (QED) is 0.862. The van der Waals surface area contributed by atoms with Crippen molar-refractivity contribution < 1.29 is 9.90 Å². The molecular formula is C16H12N2O2. The van der Waals surface area contributed by atoms with Crippen LogP contribution < -0.4 is 0 Å². The van der Waals surface area contributed by atoms with Gasteiger partial charge in [-0.15, -0.1) is 0 Å². The maximum atomic E-state index is 11.1. The van der Waals surface area contributed by atoms with E-state index in [1.54, 1.807) is 36.4 Å². The molecule has 0 aliphatic heterocycles. The largest absolute Gasteiger partial charge is 0.478 e. The minimum Gasteiger partial charge on any atom is -0.478 e. The van der Waals surface area contributed by atoms with Gasteiger partial charge in [0.15, 0.2) is 0 Å². The molecule has 98 valence electrons. The Bertz CT molecular complexity index is 682. The third-order valence-electron chi connectivity index (χ3n) is 2.76. The number of hydrogen-bond donors (Lipinski definition) is 1. The lowest BCUT2D eigenvalue weighted by Crippen LogP contribution is -2.00. The Balaban J connectivity index is 2.21. The van der Waals surface area contributed by atoms with Crippen LogP contribution in [0.15, 0.2) is 53.5 Å². The van der Waals surface area contributed by atoms with E-state index in [2.05, 4.69) is 11.1 Å². The Hall–Kier alpha value is -2.93. The Morgan fingerprint density at radius 1 is 1.20 bits per heavy atom. The molecule has 4 heteroatoms. The fraction of sp³-hybridized carbons (Fsp3) is 0.0625. The monoisotopic (exact) mass is 264 g/mol. The summed E-state index contributed by atoms with van der Waals surface area (Å²) in [4.78, 5) is 15.3. The molecule has 1 N–H and O–H groups in total. The second kappa shape index (κ2) is 6.30. The zero-order valence-corrected chi connectivity index (χ0v) is 10.7. The van der Waals surface area contributed by atoms with Crippen molar-refractivity contribution >= 4 is 17.9 Å². The average Bonchev–Trinajstić information content (AvgIpc) is 2.47. The maximum absolute atomic E-state index is 11.1. The fourth-order valence-corrected chi connectivity index (χ4v) is 1.74. The Kier molecular flexibility index (Phi) is 4.25. The van der Waals surface area contributed by atoms with Gasteiger partial charge in [-0.25, -0.2) is 4.79 Å². The molecule has 2 aromatic rings. The third kappa shape index (κ3) is 3.30. The van der Waals surface area contributed by atoms with Crippen molar-refractivity contribution in [2.24, 2.45) is 4.99 Å². The molecule has 0 spiro atoms. The highest BCUT2D eigenvalue weighted by molar-refractivity contribution is 5.98. The normalized spacial score (nSPS) is 10.3. The summed E-state index contributed by atoms with van der Waals surface area (Å²) >= 11 is 0. The van der Waals surface area contributed by atoms with E-state index in [1.165, 1.54) is 6.21 Å². The van der Waals surface area contributed by atoms with Gasteiger partial charge in [-0.1, -0.05) is 30.3 Å². The summed E-state index contributed by atoms with van der Waals surface area (Å²) < 4.78 is 0. The number of nitriles is 1. The molecule has 0 aliphatic rings. The number of rotatable bonds is 4. The van der Waals surface area contributed by atoms with Crippen molar-refractivity contribution in [3.8, 4) is 6.07 Å². The number of carboxylic acids is 1. The first-order chi connectivity index (χ1) is 9.70. The third-order valence-corrected chi connectivity index (χ3v) is 2.76. The van der Waals surface area contributed by atoms with Gasteiger partial charge in [0, 0.05) is 11.8 Å². The topological polar surface area (TPSA) is 73.5 Å². The molecule has 0 aromatic heterocycles. The summed E-state index contributed by atoms with van der Waals surface area (Å²) in [5.41, 5.74) is 2.42. The van der Waals surface area contributed by atoms with Crippen molar-refractivity contribution in [2.75, 3.05) is 0 Å². The molecule has 0 aliphatic carbocycles. The lowest BCUT2D eigenvalue weighted by Gasteiger charge is -2.00. The van der Waals surface area contributed by atoms with E-state index in [1.807, 2.05) is 12.1 Å². The van der Waals surface area contributed by atoms with Crippen LogP contribution in [-0.2, 0) is 6.42 Å². The second-order valence-corrected chi connectivity index (χ2v) is 4.15. The van der Waals surface area contributed by atoms with Gasteiger partial charge in [-0.05, 0) is 23.8 Å². The zero-order chi connectivity index (χ0) is 14.4. The number of aromatic carboxylic acids is 1. The number of carbonyl (C=O) groups is 1. The van der Waals surface area contributed by atoms with Crippen molar-refractivity contribution in [2.45, 2.75) is 6.42 Å². The van der Waals surface area contributed by atoms with Gasteiger partial charge in [0.1, 0.15) is 0 Å². The molecular weight excluding hydrogens is 252 g/mol. The van der Waals surface area contributed by atoms with Gasteiger partial charge in [0.2, 0.25) is 0 Å². The zero-order valence-electron chi connectivity index (χ0n) is 10.7. The molecule has 0 fully saturated rings. The van der Waals surface area contributed by atoms with E-state index in [0.717, 1.165) is 5.56 Å². The van der Waals surface area contributed by atoms with E-state index in [-0.39, 0.29) is 5.56 Å². The predicted octanol–water partition coefficient (Wildman–Crippen LogP) is 3.20. The lowest BCUT2D eigenvalue weighted by molar-refractivity contribution is 0.0697. The van der Waals surface area contributed by atoms with Crippen LogP contribution in [-0.4, -0.2) is 17.3 Å². The van der Waals surface area contributed by atoms with Gasteiger partial charge in [-0.2, -0.15) is 5.26 Å². The highest BCUT2D eigenvalue weighted by atomic mass is 16.4. The summed E-state index contributed by atoms with van der Waals surface area (Å²) in [6, 6.07) is 16.0. The number of nitrogens with zero attached hydrogens (tertiary/aromatic N) is 2. The van der Waals surface area contributed by atoms with E-state index in [0.29, 0.717) is 17.7 Å². The Morgan fingerprint density at radius 3 is 2.55 bits per heavy atom. The standard InChI is InChI=1S/C16H12N2O2/c17-10-9-12-5-7-14(8-6-12)18-11-13-3-1-2-4-15(13)16(19)20/h1-8,11H,9H2,(H,19,20). The first kappa shape index (κ1) is 13.5. The molecule has 2 aromatic carbocycles. The summed E-state index contributed by atoms with van der Waals surface area (Å²) in [5, 5.41) is 17.7. The van der Waals surface area contributed by atoms with Crippen LogP contribution in [0.2, 0.25) is 0 Å². The van der Waals surface area contributed by atoms with Crippen molar-refractivity contribution in [1.82, 2.24) is 0 Å². The van der Waals surface area contributed by atoms with Crippen molar-refractivity contribution in [3.05, 3.63) is 65.2 Å². The molecule has 0 bridgehead atoms. The highest BCUT2D eigenvalue weighted by Crippen LogP contribution is 2.14. The van der Waals surface area contributed by atoms with Crippen LogP contribution >= 0.6 is 0 Å². The van der Waals surface area contributed by atoms with Crippen LogP contribution in [0.3, 0.4) is 0 Å². The van der Waals surface area contributed by atoms with E-state index < -0.39 is 5.97 Å². The fourth-order valence-electron chi connectivity index (χ4n) is 1.74.